The van der Waals surface area contributed by atoms with Crippen LogP contribution in [0.15, 0.2) is 46.3 Å². The highest BCUT2D eigenvalue weighted by Gasteiger charge is 2.16. The second-order valence-corrected chi connectivity index (χ2v) is 6.68. The first-order valence-electron chi connectivity index (χ1n) is 8.05. The van der Waals surface area contributed by atoms with Gasteiger partial charge in [-0.05, 0) is 32.0 Å². The quantitative estimate of drug-likeness (QED) is 0.564. The van der Waals surface area contributed by atoms with Crippen LogP contribution in [0.3, 0.4) is 0 Å². The molecule has 2 heterocycles. The Morgan fingerprint density at radius 1 is 1.32 bits per heavy atom. The van der Waals surface area contributed by atoms with Crippen LogP contribution in [0.2, 0.25) is 0 Å². The number of fused-ring (bicyclic) bond motifs is 1. The van der Waals surface area contributed by atoms with Crippen molar-refractivity contribution in [2.75, 3.05) is 17.7 Å². The Labute approximate surface area is 149 Å². The van der Waals surface area contributed by atoms with Crippen molar-refractivity contribution in [1.82, 2.24) is 14.5 Å². The number of rotatable bonds is 5. The van der Waals surface area contributed by atoms with E-state index in [1.54, 1.807) is 16.5 Å². The van der Waals surface area contributed by atoms with Crippen molar-refractivity contribution in [2.24, 2.45) is 0 Å². The molecule has 3 aromatic rings. The summed E-state index contributed by atoms with van der Waals surface area (Å²) in [6.07, 6.45) is 0. The summed E-state index contributed by atoms with van der Waals surface area (Å²) >= 11 is 1.29. The highest BCUT2D eigenvalue weighted by molar-refractivity contribution is 7.99. The molecule has 0 aliphatic heterocycles. The maximum absolute atomic E-state index is 12.6. The summed E-state index contributed by atoms with van der Waals surface area (Å²) in [4.78, 5) is 34.2. The van der Waals surface area contributed by atoms with Crippen LogP contribution in [0.5, 0.6) is 0 Å². The number of hydrogen-bond acceptors (Lipinski definition) is 4. The zero-order chi connectivity index (χ0) is 18.0. The summed E-state index contributed by atoms with van der Waals surface area (Å²) in [5.41, 5.74) is 2.77. The Kier molecular flexibility index (Phi) is 4.94. The lowest BCUT2D eigenvalue weighted by molar-refractivity contribution is -0.115. The minimum absolute atomic E-state index is 0.0431. The van der Waals surface area contributed by atoms with E-state index in [1.807, 2.05) is 50.2 Å². The number of nitrogens with one attached hydrogen (secondary N) is 1. The van der Waals surface area contributed by atoms with Gasteiger partial charge in [0.2, 0.25) is 5.91 Å². The van der Waals surface area contributed by atoms with Gasteiger partial charge in [-0.25, -0.2) is 4.98 Å². The van der Waals surface area contributed by atoms with Crippen LogP contribution in [0.1, 0.15) is 12.6 Å². The number of carbonyl (C=O) groups excluding carboxylic acids is 1. The van der Waals surface area contributed by atoms with Gasteiger partial charge in [-0.15, -0.1) is 0 Å². The van der Waals surface area contributed by atoms with E-state index in [4.69, 9.17) is 0 Å². The molecule has 0 saturated heterocycles. The summed E-state index contributed by atoms with van der Waals surface area (Å²) in [6, 6.07) is 11.3. The summed E-state index contributed by atoms with van der Waals surface area (Å²) in [6.45, 7) is 4.29. The van der Waals surface area contributed by atoms with Crippen LogP contribution in [-0.2, 0) is 11.3 Å². The van der Waals surface area contributed by atoms with Crippen molar-refractivity contribution in [3.63, 3.8) is 0 Å². The minimum atomic E-state index is -0.105. The lowest BCUT2D eigenvalue weighted by atomic mass is 10.3. The number of aromatic amines is 1. The molecule has 0 saturated carbocycles. The van der Waals surface area contributed by atoms with Gasteiger partial charge in [0.15, 0.2) is 5.16 Å². The number of H-pyrrole nitrogens is 1. The molecule has 0 atom stereocenters. The maximum atomic E-state index is 12.6. The van der Waals surface area contributed by atoms with Crippen molar-refractivity contribution in [2.45, 2.75) is 25.5 Å². The van der Waals surface area contributed by atoms with E-state index in [2.05, 4.69) is 9.97 Å². The summed E-state index contributed by atoms with van der Waals surface area (Å²) in [7, 11) is 1.75. The highest BCUT2D eigenvalue weighted by atomic mass is 32.2. The minimum Gasteiger partial charge on any atom is -0.353 e. The molecule has 0 aliphatic carbocycles. The van der Waals surface area contributed by atoms with Crippen LogP contribution in [0.25, 0.3) is 11.0 Å². The predicted molar refractivity (Wildman–Crippen MR) is 101 cm³/mol. The second-order valence-electron chi connectivity index (χ2n) is 5.73. The predicted octanol–water partition coefficient (Wildman–Crippen LogP) is 2.81. The lowest BCUT2D eigenvalue weighted by Gasteiger charge is -2.17. The van der Waals surface area contributed by atoms with Gasteiger partial charge in [0.1, 0.15) is 5.52 Å². The summed E-state index contributed by atoms with van der Waals surface area (Å²) in [5, 5.41) is 0.564. The van der Waals surface area contributed by atoms with Gasteiger partial charge in [0.25, 0.3) is 5.56 Å². The number of nitrogens with zero attached hydrogens (tertiary/aromatic N) is 3. The van der Waals surface area contributed by atoms with Gasteiger partial charge in [-0.1, -0.05) is 30.0 Å². The Bertz CT molecular complexity index is 962. The molecule has 6 nitrogen and oxygen atoms in total. The van der Waals surface area contributed by atoms with E-state index in [9.17, 15) is 9.59 Å². The van der Waals surface area contributed by atoms with Crippen LogP contribution < -0.4 is 10.5 Å². The van der Waals surface area contributed by atoms with Gasteiger partial charge in [-0.3, -0.25) is 14.2 Å². The average Bonchev–Trinajstić information content (AvgIpc) is 3.00. The number of para-hydroxylation sites is 1. The van der Waals surface area contributed by atoms with Crippen LogP contribution >= 0.6 is 11.8 Å². The molecule has 1 amide bonds. The maximum Gasteiger partial charge on any atom is 0.278 e. The van der Waals surface area contributed by atoms with Crippen molar-refractivity contribution >= 4 is 34.4 Å². The number of hydrogen-bond donors (Lipinski definition) is 1. The van der Waals surface area contributed by atoms with E-state index in [0.717, 1.165) is 11.4 Å². The fourth-order valence-electron chi connectivity index (χ4n) is 2.62. The normalized spacial score (nSPS) is 11.0. The van der Waals surface area contributed by atoms with Crippen molar-refractivity contribution in [3.8, 4) is 0 Å². The third kappa shape index (κ3) is 3.46. The molecule has 0 radical (unpaired) electrons. The zero-order valence-electron chi connectivity index (χ0n) is 14.4. The molecule has 0 unspecified atom stereocenters. The molecule has 0 aliphatic rings. The molecular weight excluding hydrogens is 336 g/mol. The SMILES string of the molecule is CCn1c(SCC(=O)N(C)c2ccccc2)nc2cc(C)[nH]c2c1=O. The molecule has 1 aromatic carbocycles. The third-order valence-corrected chi connectivity index (χ3v) is 4.96. The first-order valence-corrected chi connectivity index (χ1v) is 9.04. The first-order chi connectivity index (χ1) is 12.0. The Morgan fingerprint density at radius 3 is 2.72 bits per heavy atom. The largest absolute Gasteiger partial charge is 0.353 e. The summed E-state index contributed by atoms with van der Waals surface area (Å²) in [5.74, 6) is 0.172. The second kappa shape index (κ2) is 7.14. The molecule has 130 valence electrons. The first kappa shape index (κ1) is 17.3. The lowest BCUT2D eigenvalue weighted by Crippen LogP contribution is -2.28. The number of benzene rings is 1. The van der Waals surface area contributed by atoms with E-state index in [0.29, 0.717) is 22.7 Å². The number of carbonyl (C=O) groups is 1. The van der Waals surface area contributed by atoms with Gasteiger partial charge in [-0.2, -0.15) is 0 Å². The summed E-state index contributed by atoms with van der Waals surface area (Å²) < 4.78 is 1.60. The standard InChI is InChI=1S/C18H20N4O2S/c1-4-22-17(24)16-14(10-12(2)19-16)20-18(22)25-11-15(23)21(3)13-8-6-5-7-9-13/h5-10,19H,4,11H2,1-3H3. The van der Waals surface area contributed by atoms with Crippen LogP contribution in [0, 0.1) is 6.92 Å². The number of amides is 1. The van der Waals surface area contributed by atoms with E-state index in [-0.39, 0.29) is 17.2 Å². The van der Waals surface area contributed by atoms with Crippen LogP contribution in [-0.4, -0.2) is 33.2 Å². The molecule has 7 heteroatoms. The molecule has 1 N–H and O–H groups in total. The number of aromatic nitrogens is 3. The number of anilines is 1. The zero-order valence-corrected chi connectivity index (χ0v) is 15.3. The molecule has 3 rings (SSSR count). The van der Waals surface area contributed by atoms with Crippen molar-refractivity contribution < 1.29 is 4.79 Å². The monoisotopic (exact) mass is 356 g/mol. The Balaban J connectivity index is 1.83. The highest BCUT2D eigenvalue weighted by Crippen LogP contribution is 2.20. The van der Waals surface area contributed by atoms with E-state index in [1.165, 1.54) is 11.8 Å². The number of thioether (sulfide) groups is 1. The smallest absolute Gasteiger partial charge is 0.278 e. The average molecular weight is 356 g/mol. The molecule has 25 heavy (non-hydrogen) atoms. The van der Waals surface area contributed by atoms with Crippen molar-refractivity contribution in [1.29, 1.82) is 0 Å². The Hall–Kier alpha value is -2.54. The fraction of sp³-hybridized carbons (Fsp3) is 0.278. The molecule has 0 bridgehead atoms. The topological polar surface area (TPSA) is 71.0 Å². The molecular formula is C18H20N4O2S. The van der Waals surface area contributed by atoms with Crippen molar-refractivity contribution in [3.05, 3.63) is 52.4 Å². The van der Waals surface area contributed by atoms with E-state index >= 15 is 0 Å². The van der Waals surface area contributed by atoms with Gasteiger partial charge < -0.3 is 9.88 Å². The van der Waals surface area contributed by atoms with Gasteiger partial charge >= 0.3 is 0 Å². The van der Waals surface area contributed by atoms with E-state index < -0.39 is 0 Å². The number of aryl methyl sites for hydroxylation is 1. The Morgan fingerprint density at radius 2 is 2.04 bits per heavy atom. The van der Waals surface area contributed by atoms with Gasteiger partial charge in [0, 0.05) is 25.0 Å². The molecule has 0 fully saturated rings. The van der Waals surface area contributed by atoms with Crippen LogP contribution in [0.4, 0.5) is 5.69 Å². The molecule has 0 spiro atoms. The molecule has 2 aromatic heterocycles. The fourth-order valence-corrected chi connectivity index (χ4v) is 3.60. The van der Waals surface area contributed by atoms with Gasteiger partial charge in [0.05, 0.1) is 11.3 Å². The third-order valence-electron chi connectivity index (χ3n) is 4.00.